The van der Waals surface area contributed by atoms with Crippen LogP contribution in [0.3, 0.4) is 0 Å². The Labute approximate surface area is 205 Å². The number of nitrogens with zero attached hydrogens (tertiary/aromatic N) is 1. The molecule has 1 heterocycles. The fraction of sp³-hybridized carbons (Fsp3) is 0.0645. The SMILES string of the molecule is c1ccc(P(Cc2cccnc2CP(c2ccccc2)c2ccccc2)c2ccccc2)cc1. The Balaban J connectivity index is 1.51. The predicted octanol–water partition coefficient (Wildman–Crippen LogP) is 6.35. The van der Waals surface area contributed by atoms with Crippen molar-refractivity contribution in [2.24, 2.45) is 0 Å². The van der Waals surface area contributed by atoms with Crippen LogP contribution in [0.2, 0.25) is 0 Å². The second kappa shape index (κ2) is 11.3. The molecule has 0 saturated heterocycles. The number of aromatic nitrogens is 1. The lowest BCUT2D eigenvalue weighted by atomic mass is 10.2. The first-order valence-electron chi connectivity index (χ1n) is 11.6. The lowest BCUT2D eigenvalue weighted by molar-refractivity contribution is 1.11. The first-order chi connectivity index (χ1) is 16.9. The highest BCUT2D eigenvalue weighted by Crippen LogP contribution is 2.42. The Hall–Kier alpha value is -3.11. The molecule has 0 saturated carbocycles. The topological polar surface area (TPSA) is 12.9 Å². The van der Waals surface area contributed by atoms with E-state index in [0.29, 0.717) is 0 Å². The van der Waals surface area contributed by atoms with Crippen molar-refractivity contribution in [3.63, 3.8) is 0 Å². The summed E-state index contributed by atoms with van der Waals surface area (Å²) in [6.07, 6.45) is 3.90. The molecule has 0 N–H and O–H groups in total. The average molecular weight is 476 g/mol. The van der Waals surface area contributed by atoms with Crippen LogP contribution in [-0.2, 0) is 12.3 Å². The molecule has 0 radical (unpaired) electrons. The summed E-state index contributed by atoms with van der Waals surface area (Å²) >= 11 is 0. The van der Waals surface area contributed by atoms with Crippen molar-refractivity contribution in [2.45, 2.75) is 12.3 Å². The maximum Gasteiger partial charge on any atom is 0.0488 e. The highest BCUT2D eigenvalue weighted by Gasteiger charge is 2.20. The summed E-state index contributed by atoms with van der Waals surface area (Å²) in [5, 5.41) is 5.61. The van der Waals surface area contributed by atoms with Crippen LogP contribution >= 0.6 is 15.8 Å². The fourth-order valence-electron chi connectivity index (χ4n) is 4.17. The van der Waals surface area contributed by atoms with Gasteiger partial charge in [0.15, 0.2) is 0 Å². The Kier molecular flexibility index (Phi) is 7.57. The fourth-order valence-corrected chi connectivity index (χ4v) is 8.84. The van der Waals surface area contributed by atoms with Gasteiger partial charge in [-0.1, -0.05) is 127 Å². The molecule has 0 atom stereocenters. The second-order valence-electron chi connectivity index (χ2n) is 8.12. The van der Waals surface area contributed by atoms with Crippen molar-refractivity contribution in [3.8, 4) is 0 Å². The molecule has 0 aliphatic carbocycles. The molecular weight excluding hydrogens is 448 g/mol. The summed E-state index contributed by atoms with van der Waals surface area (Å²) in [5.74, 6) is 0. The monoisotopic (exact) mass is 475 g/mol. The zero-order valence-corrected chi connectivity index (χ0v) is 20.8. The van der Waals surface area contributed by atoms with Gasteiger partial charge >= 0.3 is 0 Å². The lowest BCUT2D eigenvalue weighted by Crippen LogP contribution is -2.16. The van der Waals surface area contributed by atoms with E-state index in [1.165, 1.54) is 32.5 Å². The van der Waals surface area contributed by atoms with Crippen LogP contribution in [0.15, 0.2) is 140 Å². The van der Waals surface area contributed by atoms with Crippen LogP contribution in [0.1, 0.15) is 11.3 Å². The van der Waals surface area contributed by atoms with E-state index in [9.17, 15) is 0 Å². The number of rotatable bonds is 8. The first-order valence-corrected chi connectivity index (χ1v) is 14.6. The predicted molar refractivity (Wildman–Crippen MR) is 150 cm³/mol. The summed E-state index contributed by atoms with van der Waals surface area (Å²) in [6, 6.07) is 48.2. The van der Waals surface area contributed by atoms with Gasteiger partial charge < -0.3 is 0 Å². The van der Waals surface area contributed by atoms with Gasteiger partial charge in [0.05, 0.1) is 0 Å². The number of hydrogen-bond acceptors (Lipinski definition) is 1. The van der Waals surface area contributed by atoms with Crippen molar-refractivity contribution in [3.05, 3.63) is 151 Å². The lowest BCUT2D eigenvalue weighted by Gasteiger charge is -2.23. The smallest absolute Gasteiger partial charge is 0.0488 e. The van der Waals surface area contributed by atoms with Crippen LogP contribution in [0.5, 0.6) is 0 Å². The standard InChI is InChI=1S/C31H27NP2/c1-5-15-27(16-6-1)33(28-17-7-2-8-18-28)24-26-14-13-23-32-31(26)25-34(29-19-9-3-10-20-29)30-21-11-4-12-22-30/h1-23H,24-25H2. The molecule has 4 aromatic carbocycles. The van der Waals surface area contributed by atoms with E-state index in [4.69, 9.17) is 4.98 Å². The summed E-state index contributed by atoms with van der Waals surface area (Å²) in [6.45, 7) is 0. The molecule has 0 amide bonds. The second-order valence-corrected chi connectivity index (χ2v) is 12.5. The third-order valence-corrected chi connectivity index (χ3v) is 10.9. The van der Waals surface area contributed by atoms with Gasteiger partial charge in [-0.2, -0.15) is 0 Å². The molecular formula is C31H27NP2. The van der Waals surface area contributed by atoms with E-state index in [-0.39, 0.29) is 0 Å². The Morgan fingerprint density at radius 3 is 1.21 bits per heavy atom. The molecule has 0 unspecified atom stereocenters. The van der Waals surface area contributed by atoms with E-state index >= 15 is 0 Å². The third-order valence-electron chi connectivity index (χ3n) is 5.89. The van der Waals surface area contributed by atoms with Crippen LogP contribution in [0.4, 0.5) is 0 Å². The maximum absolute atomic E-state index is 4.94. The third kappa shape index (κ3) is 5.51. The van der Waals surface area contributed by atoms with E-state index in [0.717, 1.165) is 12.3 Å². The van der Waals surface area contributed by atoms with E-state index in [1.807, 2.05) is 6.20 Å². The minimum atomic E-state index is -0.532. The van der Waals surface area contributed by atoms with E-state index < -0.39 is 15.8 Å². The van der Waals surface area contributed by atoms with Gasteiger partial charge in [0.1, 0.15) is 0 Å². The van der Waals surface area contributed by atoms with E-state index in [1.54, 1.807) is 0 Å². The minimum Gasteiger partial charge on any atom is -0.261 e. The van der Waals surface area contributed by atoms with Gasteiger partial charge in [0, 0.05) is 24.2 Å². The van der Waals surface area contributed by atoms with Crippen molar-refractivity contribution >= 4 is 37.1 Å². The highest BCUT2D eigenvalue weighted by molar-refractivity contribution is 7.72. The van der Waals surface area contributed by atoms with Crippen LogP contribution in [-0.4, -0.2) is 4.98 Å². The molecule has 0 aliphatic heterocycles. The Bertz CT molecular complexity index is 1110. The van der Waals surface area contributed by atoms with Gasteiger partial charge in [0.2, 0.25) is 0 Å². The summed E-state index contributed by atoms with van der Waals surface area (Å²) < 4.78 is 0. The molecule has 0 spiro atoms. The molecule has 1 aromatic heterocycles. The van der Waals surface area contributed by atoms with Crippen LogP contribution in [0.25, 0.3) is 0 Å². The number of hydrogen-bond donors (Lipinski definition) is 0. The van der Waals surface area contributed by atoms with Crippen molar-refractivity contribution in [2.75, 3.05) is 0 Å². The summed E-state index contributed by atoms with van der Waals surface area (Å²) in [7, 11) is -1.04. The minimum absolute atomic E-state index is 0.510. The molecule has 3 heteroatoms. The molecule has 5 rings (SSSR count). The maximum atomic E-state index is 4.94. The van der Waals surface area contributed by atoms with Gasteiger partial charge in [-0.15, -0.1) is 0 Å². The van der Waals surface area contributed by atoms with Crippen molar-refractivity contribution in [1.29, 1.82) is 0 Å². The molecule has 0 fully saturated rings. The summed E-state index contributed by atoms with van der Waals surface area (Å²) in [4.78, 5) is 4.94. The normalized spacial score (nSPS) is 11.1. The number of pyridine rings is 1. The van der Waals surface area contributed by atoms with Gasteiger partial charge in [-0.05, 0) is 48.7 Å². The molecule has 34 heavy (non-hydrogen) atoms. The van der Waals surface area contributed by atoms with Crippen molar-refractivity contribution in [1.82, 2.24) is 4.98 Å². The molecule has 5 aromatic rings. The molecule has 0 aliphatic rings. The number of benzene rings is 4. The summed E-state index contributed by atoms with van der Waals surface area (Å²) in [5.41, 5.74) is 2.58. The van der Waals surface area contributed by atoms with E-state index in [2.05, 4.69) is 133 Å². The highest BCUT2D eigenvalue weighted by atomic mass is 31.1. The van der Waals surface area contributed by atoms with Gasteiger partial charge in [-0.25, -0.2) is 0 Å². The molecule has 1 nitrogen and oxygen atoms in total. The zero-order valence-electron chi connectivity index (χ0n) is 19.0. The largest absolute Gasteiger partial charge is 0.261 e. The average Bonchev–Trinajstić information content (AvgIpc) is 2.93. The zero-order chi connectivity index (χ0) is 23.0. The Morgan fingerprint density at radius 1 is 0.412 bits per heavy atom. The van der Waals surface area contributed by atoms with Gasteiger partial charge in [0.25, 0.3) is 0 Å². The quantitative estimate of drug-likeness (QED) is 0.239. The van der Waals surface area contributed by atoms with Crippen molar-refractivity contribution < 1.29 is 0 Å². The molecule has 0 bridgehead atoms. The Morgan fingerprint density at radius 2 is 0.794 bits per heavy atom. The molecule has 166 valence electrons. The first kappa shape index (κ1) is 22.7. The van der Waals surface area contributed by atoms with Gasteiger partial charge in [-0.3, -0.25) is 4.98 Å². The van der Waals surface area contributed by atoms with Crippen LogP contribution in [0, 0.1) is 0 Å². The van der Waals surface area contributed by atoms with Crippen LogP contribution < -0.4 is 21.2 Å².